The summed E-state index contributed by atoms with van der Waals surface area (Å²) in [6, 6.07) is 8.95. The SMILES string of the molecule is CCc1cccc(Oc2c(F)cc(C(=N)N)cc2F)c1. The predicted molar refractivity (Wildman–Crippen MR) is 73.3 cm³/mol. The fourth-order valence-electron chi connectivity index (χ4n) is 1.76. The number of benzene rings is 2. The number of rotatable bonds is 4. The van der Waals surface area contributed by atoms with Crippen molar-refractivity contribution in [3.63, 3.8) is 0 Å². The summed E-state index contributed by atoms with van der Waals surface area (Å²) in [5.74, 6) is -2.32. The van der Waals surface area contributed by atoms with Crippen molar-refractivity contribution >= 4 is 5.84 Å². The van der Waals surface area contributed by atoms with Crippen LogP contribution in [-0.4, -0.2) is 5.84 Å². The number of nitrogen functional groups attached to an aromatic ring is 1. The van der Waals surface area contributed by atoms with Crippen LogP contribution >= 0.6 is 0 Å². The number of amidine groups is 1. The van der Waals surface area contributed by atoms with Gasteiger partial charge in [0.25, 0.3) is 0 Å². The van der Waals surface area contributed by atoms with E-state index in [2.05, 4.69) is 0 Å². The molecule has 0 atom stereocenters. The summed E-state index contributed by atoms with van der Waals surface area (Å²) in [5, 5.41) is 7.18. The predicted octanol–water partition coefficient (Wildman–Crippen LogP) is 3.60. The van der Waals surface area contributed by atoms with Gasteiger partial charge in [-0.1, -0.05) is 19.1 Å². The summed E-state index contributed by atoms with van der Waals surface area (Å²) in [7, 11) is 0. The number of nitrogens with two attached hydrogens (primary N) is 1. The minimum Gasteiger partial charge on any atom is -0.451 e. The Hall–Kier alpha value is -2.43. The molecule has 2 rings (SSSR count). The van der Waals surface area contributed by atoms with E-state index in [1.165, 1.54) is 0 Å². The highest BCUT2D eigenvalue weighted by Crippen LogP contribution is 2.29. The summed E-state index contributed by atoms with van der Waals surface area (Å²) in [4.78, 5) is 0. The highest BCUT2D eigenvalue weighted by Gasteiger charge is 2.15. The lowest BCUT2D eigenvalue weighted by molar-refractivity contribution is 0.407. The van der Waals surface area contributed by atoms with Crippen LogP contribution in [-0.2, 0) is 6.42 Å². The Labute approximate surface area is 115 Å². The van der Waals surface area contributed by atoms with Gasteiger partial charge in [0.05, 0.1) is 0 Å². The van der Waals surface area contributed by atoms with Crippen molar-refractivity contribution in [2.45, 2.75) is 13.3 Å². The van der Waals surface area contributed by atoms with Crippen molar-refractivity contribution in [1.29, 1.82) is 5.41 Å². The third kappa shape index (κ3) is 2.93. The van der Waals surface area contributed by atoms with Crippen LogP contribution in [0.25, 0.3) is 0 Å². The number of ether oxygens (including phenoxy) is 1. The van der Waals surface area contributed by atoms with E-state index in [4.69, 9.17) is 15.9 Å². The highest BCUT2D eigenvalue weighted by molar-refractivity contribution is 5.95. The fourth-order valence-corrected chi connectivity index (χ4v) is 1.76. The zero-order valence-electron chi connectivity index (χ0n) is 10.9. The van der Waals surface area contributed by atoms with Crippen molar-refractivity contribution in [1.82, 2.24) is 0 Å². The van der Waals surface area contributed by atoms with E-state index in [1.54, 1.807) is 18.2 Å². The van der Waals surface area contributed by atoms with Gasteiger partial charge in [-0.25, -0.2) is 8.78 Å². The second-order valence-electron chi connectivity index (χ2n) is 4.29. The van der Waals surface area contributed by atoms with Gasteiger partial charge in [-0.3, -0.25) is 5.41 Å². The molecule has 5 heteroatoms. The maximum absolute atomic E-state index is 13.8. The van der Waals surface area contributed by atoms with Crippen molar-refractivity contribution in [3.05, 3.63) is 59.2 Å². The van der Waals surface area contributed by atoms with Gasteiger partial charge in [0.2, 0.25) is 0 Å². The Morgan fingerprint density at radius 3 is 2.40 bits per heavy atom. The molecule has 2 aromatic rings. The van der Waals surface area contributed by atoms with Crippen LogP contribution in [0, 0.1) is 17.0 Å². The number of halogens is 2. The molecular weight excluding hydrogens is 262 g/mol. The number of hydrogen-bond acceptors (Lipinski definition) is 2. The van der Waals surface area contributed by atoms with E-state index in [9.17, 15) is 8.78 Å². The van der Waals surface area contributed by atoms with Crippen molar-refractivity contribution in [2.24, 2.45) is 5.73 Å². The maximum atomic E-state index is 13.8. The quantitative estimate of drug-likeness (QED) is 0.662. The van der Waals surface area contributed by atoms with Crippen molar-refractivity contribution in [2.75, 3.05) is 0 Å². The van der Waals surface area contributed by atoms with E-state index in [1.807, 2.05) is 13.0 Å². The van der Waals surface area contributed by atoms with E-state index >= 15 is 0 Å². The molecular formula is C15H14F2N2O. The molecule has 0 bridgehead atoms. The van der Waals surface area contributed by atoms with Gasteiger partial charge in [-0.05, 0) is 36.2 Å². The van der Waals surface area contributed by atoms with Gasteiger partial charge in [0.1, 0.15) is 11.6 Å². The molecule has 0 aliphatic carbocycles. The molecule has 20 heavy (non-hydrogen) atoms. The van der Waals surface area contributed by atoms with Crippen LogP contribution in [0.3, 0.4) is 0 Å². The first-order chi connectivity index (χ1) is 9.51. The molecule has 0 spiro atoms. The number of nitrogens with one attached hydrogen (secondary N) is 1. The standard InChI is InChI=1S/C15H14F2N2O/c1-2-9-4-3-5-11(6-9)20-14-12(16)7-10(15(18)19)8-13(14)17/h3-8H,2H2,1H3,(H3,18,19). The van der Waals surface area contributed by atoms with E-state index in [0.717, 1.165) is 24.1 Å². The first-order valence-corrected chi connectivity index (χ1v) is 6.11. The first-order valence-electron chi connectivity index (χ1n) is 6.11. The molecule has 0 heterocycles. The van der Waals surface area contributed by atoms with Gasteiger partial charge in [-0.15, -0.1) is 0 Å². The maximum Gasteiger partial charge on any atom is 0.198 e. The Morgan fingerprint density at radius 1 is 1.20 bits per heavy atom. The second-order valence-corrected chi connectivity index (χ2v) is 4.29. The number of aryl methyl sites for hydroxylation is 1. The highest BCUT2D eigenvalue weighted by atomic mass is 19.1. The van der Waals surface area contributed by atoms with Crippen LogP contribution in [0.4, 0.5) is 8.78 Å². The van der Waals surface area contributed by atoms with Crippen LogP contribution in [0.5, 0.6) is 11.5 Å². The average molecular weight is 276 g/mol. The van der Waals surface area contributed by atoms with Gasteiger partial charge in [0.15, 0.2) is 17.4 Å². The topological polar surface area (TPSA) is 59.1 Å². The summed E-state index contributed by atoms with van der Waals surface area (Å²) in [5.41, 5.74) is 6.19. The third-order valence-electron chi connectivity index (χ3n) is 2.84. The largest absolute Gasteiger partial charge is 0.451 e. The molecule has 104 valence electrons. The summed E-state index contributed by atoms with van der Waals surface area (Å²) < 4.78 is 32.9. The van der Waals surface area contributed by atoms with E-state index < -0.39 is 23.2 Å². The monoisotopic (exact) mass is 276 g/mol. The second kappa shape index (κ2) is 5.69. The minimum absolute atomic E-state index is 0.0188. The van der Waals surface area contributed by atoms with Crippen LogP contribution in [0.1, 0.15) is 18.1 Å². The summed E-state index contributed by atoms with van der Waals surface area (Å²) in [6.45, 7) is 1.97. The molecule has 0 fully saturated rings. The molecule has 0 unspecified atom stereocenters. The molecule has 0 aromatic heterocycles. The molecule has 2 aromatic carbocycles. The molecule has 0 radical (unpaired) electrons. The molecule has 0 aliphatic heterocycles. The molecule has 0 saturated heterocycles. The Balaban J connectivity index is 2.36. The average Bonchev–Trinajstić information content (AvgIpc) is 2.42. The molecule has 0 amide bonds. The van der Waals surface area contributed by atoms with Crippen LogP contribution in [0.15, 0.2) is 36.4 Å². The van der Waals surface area contributed by atoms with Gasteiger partial charge < -0.3 is 10.5 Å². The number of hydrogen-bond donors (Lipinski definition) is 2. The van der Waals surface area contributed by atoms with Gasteiger partial charge in [0, 0.05) is 5.56 Å². The minimum atomic E-state index is -0.892. The van der Waals surface area contributed by atoms with Crippen LogP contribution < -0.4 is 10.5 Å². The Morgan fingerprint density at radius 2 is 1.85 bits per heavy atom. The van der Waals surface area contributed by atoms with Gasteiger partial charge >= 0.3 is 0 Å². The zero-order chi connectivity index (χ0) is 14.7. The Bertz CT molecular complexity index is 633. The van der Waals surface area contributed by atoms with Crippen LogP contribution in [0.2, 0.25) is 0 Å². The van der Waals surface area contributed by atoms with Crippen molar-refractivity contribution in [3.8, 4) is 11.5 Å². The molecule has 0 saturated carbocycles. The first kappa shape index (κ1) is 14.0. The smallest absolute Gasteiger partial charge is 0.198 e. The lowest BCUT2D eigenvalue weighted by Gasteiger charge is -2.10. The van der Waals surface area contributed by atoms with Crippen molar-refractivity contribution < 1.29 is 13.5 Å². The lowest BCUT2D eigenvalue weighted by Crippen LogP contribution is -2.12. The van der Waals surface area contributed by atoms with Gasteiger partial charge in [-0.2, -0.15) is 0 Å². The summed E-state index contributed by atoms with van der Waals surface area (Å²) in [6.07, 6.45) is 0.797. The molecule has 3 nitrogen and oxygen atoms in total. The molecule has 3 N–H and O–H groups in total. The lowest BCUT2D eigenvalue weighted by atomic mass is 10.1. The Kier molecular flexibility index (Phi) is 3.98. The van der Waals surface area contributed by atoms with E-state index in [0.29, 0.717) is 5.75 Å². The third-order valence-corrected chi connectivity index (χ3v) is 2.84. The van der Waals surface area contributed by atoms with E-state index in [-0.39, 0.29) is 5.56 Å². The molecule has 0 aliphatic rings. The summed E-state index contributed by atoms with van der Waals surface area (Å²) >= 11 is 0. The zero-order valence-corrected chi connectivity index (χ0v) is 10.9. The fraction of sp³-hybridized carbons (Fsp3) is 0.133. The normalized spacial score (nSPS) is 10.3.